The summed E-state index contributed by atoms with van der Waals surface area (Å²) < 4.78 is 43.6. The second-order valence-electron chi connectivity index (χ2n) is 11.2. The van der Waals surface area contributed by atoms with Crippen LogP contribution in [0.25, 0.3) is 0 Å². The number of ether oxygens (including phenoxy) is 2. The highest BCUT2D eigenvalue weighted by Gasteiger charge is 2.76. The average Bonchev–Trinajstić information content (AvgIpc) is 3.08. The van der Waals surface area contributed by atoms with Crippen molar-refractivity contribution in [3.8, 4) is 0 Å². The molecule has 36 heavy (non-hydrogen) atoms. The van der Waals surface area contributed by atoms with Crippen LogP contribution in [0.1, 0.15) is 66.2 Å². The number of hydrogen-bond donors (Lipinski definition) is 1. The fourth-order valence-electron chi connectivity index (χ4n) is 7.61. The molecule has 0 heterocycles. The monoisotopic (exact) mass is 508 g/mol. The van der Waals surface area contributed by atoms with Gasteiger partial charge in [-0.05, 0) is 62.7 Å². The lowest BCUT2D eigenvalue weighted by Gasteiger charge is -2.63. The number of fused-ring (bicyclic) bond motifs is 5. The molecule has 0 aromatic carbocycles. The quantitative estimate of drug-likeness (QED) is 0.547. The smallest absolute Gasteiger partial charge is 0.306 e. The fraction of sp³-hybridized carbons (Fsp3) is 0.704. The van der Waals surface area contributed by atoms with Crippen molar-refractivity contribution in [2.45, 2.75) is 89.8 Å². The highest BCUT2D eigenvalue weighted by atomic mass is 19.1. The molecule has 8 atom stereocenters. The van der Waals surface area contributed by atoms with Crippen molar-refractivity contribution in [3.05, 3.63) is 23.8 Å². The van der Waals surface area contributed by atoms with Gasteiger partial charge in [0.05, 0.1) is 6.10 Å². The van der Waals surface area contributed by atoms with E-state index in [1.54, 1.807) is 13.8 Å². The third-order valence-electron chi connectivity index (χ3n) is 9.35. The van der Waals surface area contributed by atoms with Gasteiger partial charge in [0, 0.05) is 30.1 Å². The summed E-state index contributed by atoms with van der Waals surface area (Å²) in [6.45, 7) is 5.50. The maximum absolute atomic E-state index is 17.2. The predicted octanol–water partition coefficient (Wildman–Crippen LogP) is 3.52. The number of halogens is 2. The number of aliphatic hydroxyl groups excluding tert-OH is 1. The van der Waals surface area contributed by atoms with Crippen LogP contribution in [0.15, 0.2) is 23.8 Å². The van der Waals surface area contributed by atoms with E-state index in [1.807, 2.05) is 0 Å². The van der Waals surface area contributed by atoms with Crippen LogP contribution >= 0.6 is 0 Å². The average molecular weight is 509 g/mol. The van der Waals surface area contributed by atoms with E-state index in [1.165, 1.54) is 19.1 Å². The van der Waals surface area contributed by atoms with Crippen molar-refractivity contribution >= 4 is 23.5 Å². The number of Topliss-reactive ketones (excluding diaryl/α,β-unsaturated/α-hetero) is 1. The molecule has 3 saturated carbocycles. The lowest BCUT2D eigenvalue weighted by Crippen LogP contribution is -2.70. The number of carbonyl (C=O) groups is 4. The van der Waals surface area contributed by atoms with Crippen LogP contribution in [0.4, 0.5) is 8.78 Å². The SMILES string of the molecule is CCCC(=O)O[C@@]1(C(=O)COC(C)=O)CC[C@@H]2[C@@H]3C[C@@H](F)C4=CC(=O)C=C[C@]4(C)[C@]3(F)[C@@H](O)C[C@@]21C. The molecule has 0 spiro atoms. The first kappa shape index (κ1) is 26.6. The van der Waals surface area contributed by atoms with E-state index in [-0.39, 0.29) is 37.7 Å². The summed E-state index contributed by atoms with van der Waals surface area (Å²) in [6, 6.07) is 0. The Morgan fingerprint density at radius 2 is 1.92 bits per heavy atom. The molecule has 4 aliphatic carbocycles. The van der Waals surface area contributed by atoms with Crippen molar-refractivity contribution in [3.63, 3.8) is 0 Å². The molecular formula is C27H34F2O7. The Morgan fingerprint density at radius 1 is 1.22 bits per heavy atom. The Hall–Kier alpha value is -2.42. The van der Waals surface area contributed by atoms with E-state index in [2.05, 4.69) is 0 Å². The molecule has 0 aromatic rings. The molecule has 0 unspecified atom stereocenters. The van der Waals surface area contributed by atoms with Crippen molar-refractivity contribution < 1.29 is 42.5 Å². The third-order valence-corrected chi connectivity index (χ3v) is 9.35. The third kappa shape index (κ3) is 3.52. The number of ketones is 2. The summed E-state index contributed by atoms with van der Waals surface area (Å²) in [7, 11) is 0. The van der Waals surface area contributed by atoms with E-state index in [0.717, 1.165) is 13.0 Å². The Balaban J connectivity index is 1.80. The second-order valence-corrected chi connectivity index (χ2v) is 11.2. The molecule has 0 aromatic heterocycles. The standard InChI is InChI=1S/C27H34F2O7/c1-5-6-23(34)36-26(22(33)14-35-15(2)30)10-8-17-18-12-20(28)19-11-16(31)7-9-24(19,3)27(18,29)21(32)13-25(17,26)4/h7,9,11,17-18,20-21,32H,5-6,8,10,12-14H2,1-4H3/t17-,18+,20-,21+,24+,25+,26-,27-/m1/s1. The Kier molecular flexibility index (Phi) is 6.55. The van der Waals surface area contributed by atoms with Crippen molar-refractivity contribution in [1.82, 2.24) is 0 Å². The van der Waals surface area contributed by atoms with Crippen LogP contribution in [0.5, 0.6) is 0 Å². The number of carbonyl (C=O) groups excluding carboxylic acids is 4. The lowest BCUT2D eigenvalue weighted by atomic mass is 9.44. The van der Waals surface area contributed by atoms with E-state index in [0.29, 0.717) is 6.42 Å². The Morgan fingerprint density at radius 3 is 2.56 bits per heavy atom. The molecule has 0 amide bonds. The molecule has 4 aliphatic rings. The van der Waals surface area contributed by atoms with Crippen LogP contribution in [-0.4, -0.2) is 58.8 Å². The topological polar surface area (TPSA) is 107 Å². The highest BCUT2D eigenvalue weighted by Crippen LogP contribution is 2.70. The first-order chi connectivity index (χ1) is 16.8. The minimum absolute atomic E-state index is 0.0148. The number of rotatable bonds is 6. The van der Waals surface area contributed by atoms with Gasteiger partial charge in [0.15, 0.2) is 23.7 Å². The van der Waals surface area contributed by atoms with E-state index < -0.39 is 76.3 Å². The maximum Gasteiger partial charge on any atom is 0.306 e. The van der Waals surface area contributed by atoms with Crippen LogP contribution in [0.3, 0.4) is 0 Å². The van der Waals surface area contributed by atoms with Gasteiger partial charge >= 0.3 is 11.9 Å². The predicted molar refractivity (Wildman–Crippen MR) is 124 cm³/mol. The zero-order valence-electron chi connectivity index (χ0n) is 21.1. The molecule has 9 heteroatoms. The highest BCUT2D eigenvalue weighted by molar-refractivity contribution is 6.01. The molecule has 0 bridgehead atoms. The Labute approximate surface area is 209 Å². The molecule has 0 aliphatic heterocycles. The van der Waals surface area contributed by atoms with Crippen molar-refractivity contribution in [2.75, 3.05) is 6.61 Å². The van der Waals surface area contributed by atoms with Crippen LogP contribution in [0.2, 0.25) is 0 Å². The van der Waals surface area contributed by atoms with E-state index in [9.17, 15) is 24.3 Å². The largest absolute Gasteiger partial charge is 0.458 e. The van der Waals surface area contributed by atoms with Crippen LogP contribution in [0, 0.1) is 22.7 Å². The molecule has 0 radical (unpaired) electrons. The first-order valence-electron chi connectivity index (χ1n) is 12.6. The Bertz CT molecular complexity index is 1050. The summed E-state index contributed by atoms with van der Waals surface area (Å²) in [4.78, 5) is 49.6. The minimum atomic E-state index is -2.30. The molecule has 4 rings (SSSR count). The molecule has 1 N–H and O–H groups in total. The van der Waals surface area contributed by atoms with Gasteiger partial charge < -0.3 is 14.6 Å². The number of alkyl halides is 2. The van der Waals surface area contributed by atoms with Gasteiger partial charge in [-0.25, -0.2) is 8.78 Å². The second kappa shape index (κ2) is 8.85. The molecule has 0 saturated heterocycles. The molecular weight excluding hydrogens is 474 g/mol. The van der Waals surface area contributed by atoms with Crippen molar-refractivity contribution in [1.29, 1.82) is 0 Å². The number of esters is 2. The summed E-state index contributed by atoms with van der Waals surface area (Å²) in [6.07, 6.45) is 0.783. The zero-order valence-corrected chi connectivity index (χ0v) is 21.1. The maximum atomic E-state index is 17.2. The number of aliphatic hydroxyl groups is 1. The van der Waals surface area contributed by atoms with Crippen LogP contribution < -0.4 is 0 Å². The first-order valence-corrected chi connectivity index (χ1v) is 12.6. The summed E-state index contributed by atoms with van der Waals surface area (Å²) >= 11 is 0. The lowest BCUT2D eigenvalue weighted by molar-refractivity contribution is -0.229. The van der Waals surface area contributed by atoms with E-state index >= 15 is 8.78 Å². The van der Waals surface area contributed by atoms with Gasteiger partial charge in [-0.2, -0.15) is 0 Å². The fourth-order valence-corrected chi connectivity index (χ4v) is 7.61. The molecule has 3 fully saturated rings. The van der Waals surface area contributed by atoms with Crippen molar-refractivity contribution in [2.24, 2.45) is 22.7 Å². The number of hydrogen-bond acceptors (Lipinski definition) is 7. The van der Waals surface area contributed by atoms with Gasteiger partial charge in [0.2, 0.25) is 5.78 Å². The summed E-state index contributed by atoms with van der Waals surface area (Å²) in [5, 5.41) is 11.4. The van der Waals surface area contributed by atoms with Gasteiger partial charge in [0.1, 0.15) is 6.17 Å². The summed E-state index contributed by atoms with van der Waals surface area (Å²) in [5.74, 6) is -3.96. The van der Waals surface area contributed by atoms with Gasteiger partial charge in [0.25, 0.3) is 0 Å². The molecule has 198 valence electrons. The minimum Gasteiger partial charge on any atom is -0.458 e. The van der Waals surface area contributed by atoms with Crippen LogP contribution in [-0.2, 0) is 28.7 Å². The zero-order chi connectivity index (χ0) is 26.7. The number of allylic oxidation sites excluding steroid dienone is 4. The van der Waals surface area contributed by atoms with Gasteiger partial charge in [-0.1, -0.05) is 19.9 Å². The summed E-state index contributed by atoms with van der Waals surface area (Å²) in [5.41, 5.74) is -6.80. The van der Waals surface area contributed by atoms with Gasteiger partial charge in [-0.15, -0.1) is 0 Å². The normalized spacial score (nSPS) is 43.1. The molecule has 7 nitrogen and oxygen atoms in total. The van der Waals surface area contributed by atoms with E-state index in [4.69, 9.17) is 9.47 Å². The van der Waals surface area contributed by atoms with Gasteiger partial charge in [-0.3, -0.25) is 19.2 Å².